The van der Waals surface area contributed by atoms with Crippen LogP contribution in [0.5, 0.6) is 0 Å². The SMILES string of the molecule is CC1=C(C)CC=[C-]1.[Cl-].[Cl-].[Cl-].[Ti+4]. The molecule has 0 amide bonds. The fraction of sp³-hybridized carbons (Fsp3) is 0.429. The van der Waals surface area contributed by atoms with Gasteiger partial charge in [0.1, 0.15) is 0 Å². The first-order valence-electron chi connectivity index (χ1n) is 2.55. The first-order valence-corrected chi connectivity index (χ1v) is 2.55. The quantitative estimate of drug-likeness (QED) is 0.295. The Morgan fingerprint density at radius 3 is 1.73 bits per heavy atom. The van der Waals surface area contributed by atoms with E-state index in [0.29, 0.717) is 0 Å². The van der Waals surface area contributed by atoms with Gasteiger partial charge in [-0.05, 0) is 0 Å². The summed E-state index contributed by atoms with van der Waals surface area (Å²) in [6.07, 6.45) is 6.31. The van der Waals surface area contributed by atoms with E-state index in [2.05, 4.69) is 26.0 Å². The molecule has 1 rings (SSSR count). The van der Waals surface area contributed by atoms with Gasteiger partial charge in [-0.3, -0.25) is 6.08 Å². The smallest absolute Gasteiger partial charge is 1.00 e. The van der Waals surface area contributed by atoms with Crippen molar-refractivity contribution in [3.63, 3.8) is 0 Å². The van der Waals surface area contributed by atoms with E-state index in [1.807, 2.05) is 0 Å². The summed E-state index contributed by atoms with van der Waals surface area (Å²) in [7, 11) is 0. The van der Waals surface area contributed by atoms with Crippen LogP contribution in [0.4, 0.5) is 0 Å². The molecule has 0 saturated heterocycles. The normalized spacial score (nSPS) is 12.2. The van der Waals surface area contributed by atoms with E-state index in [9.17, 15) is 0 Å². The molecule has 1 aliphatic rings. The standard InChI is InChI=1S/C7H9.3ClH.Ti/c1-6-4-3-5-7(6)2;;;;/h3H,4H2,1-2H3;3*1H;/q-1;;;;+4/p-3. The third-order valence-corrected chi connectivity index (χ3v) is 1.37. The van der Waals surface area contributed by atoms with Gasteiger partial charge < -0.3 is 37.2 Å². The molecular formula is C7H9Cl3Ti. The number of hydrogen-bond donors (Lipinski definition) is 0. The Labute approximate surface area is 102 Å². The third kappa shape index (κ3) is 7.43. The van der Waals surface area contributed by atoms with Gasteiger partial charge in [0.2, 0.25) is 0 Å². The predicted molar refractivity (Wildman–Crippen MR) is 30.8 cm³/mol. The summed E-state index contributed by atoms with van der Waals surface area (Å²) in [5.41, 5.74) is 2.78. The second kappa shape index (κ2) is 11.1. The minimum Gasteiger partial charge on any atom is -1.00 e. The van der Waals surface area contributed by atoms with E-state index in [0.717, 1.165) is 6.42 Å². The number of hydrogen-bond acceptors (Lipinski definition) is 0. The van der Waals surface area contributed by atoms with Crippen LogP contribution in [-0.4, -0.2) is 0 Å². The molecule has 0 aliphatic heterocycles. The molecule has 11 heavy (non-hydrogen) atoms. The van der Waals surface area contributed by atoms with Crippen LogP contribution in [0, 0.1) is 6.08 Å². The van der Waals surface area contributed by atoms with E-state index >= 15 is 0 Å². The van der Waals surface area contributed by atoms with Crippen LogP contribution in [0.25, 0.3) is 0 Å². The topological polar surface area (TPSA) is 0 Å². The Bertz CT molecular complexity index is 141. The molecule has 0 aromatic carbocycles. The minimum atomic E-state index is 0. The van der Waals surface area contributed by atoms with Crippen molar-refractivity contribution in [3.8, 4) is 0 Å². The van der Waals surface area contributed by atoms with Crippen molar-refractivity contribution >= 4 is 0 Å². The fourth-order valence-electron chi connectivity index (χ4n) is 0.634. The van der Waals surface area contributed by atoms with Crippen molar-refractivity contribution in [2.24, 2.45) is 0 Å². The molecule has 0 unspecified atom stereocenters. The molecule has 0 aromatic heterocycles. The van der Waals surface area contributed by atoms with Crippen LogP contribution >= 0.6 is 0 Å². The summed E-state index contributed by atoms with van der Waals surface area (Å²) in [6, 6.07) is 0. The van der Waals surface area contributed by atoms with Crippen LogP contribution in [-0.2, 0) is 21.7 Å². The summed E-state index contributed by atoms with van der Waals surface area (Å²) < 4.78 is 0. The molecule has 0 aromatic rings. The third-order valence-electron chi connectivity index (χ3n) is 1.37. The van der Waals surface area contributed by atoms with Crippen LogP contribution in [0.15, 0.2) is 17.2 Å². The van der Waals surface area contributed by atoms with Crippen molar-refractivity contribution in [1.82, 2.24) is 0 Å². The van der Waals surface area contributed by atoms with E-state index in [1.165, 1.54) is 11.1 Å². The molecule has 4 heteroatoms. The zero-order chi connectivity index (χ0) is 5.28. The Morgan fingerprint density at radius 2 is 1.64 bits per heavy atom. The monoisotopic (exact) mass is 246 g/mol. The van der Waals surface area contributed by atoms with Gasteiger partial charge in [-0.2, -0.15) is 6.08 Å². The maximum atomic E-state index is 3.12. The molecule has 0 spiro atoms. The number of allylic oxidation sites excluding steroid dienone is 4. The maximum Gasteiger partial charge on any atom is 4.00 e. The van der Waals surface area contributed by atoms with Crippen LogP contribution in [0.3, 0.4) is 0 Å². The fourth-order valence-corrected chi connectivity index (χ4v) is 0.634. The molecule has 0 fully saturated rings. The van der Waals surface area contributed by atoms with Gasteiger partial charge in [-0.1, -0.05) is 13.3 Å². The van der Waals surface area contributed by atoms with Crippen molar-refractivity contribution in [2.45, 2.75) is 20.3 Å². The molecular weight excluding hydrogens is 238 g/mol. The Balaban J connectivity index is -0.0000000612. The van der Waals surface area contributed by atoms with Crippen LogP contribution in [0.2, 0.25) is 0 Å². The van der Waals surface area contributed by atoms with Crippen LogP contribution < -0.4 is 37.2 Å². The first kappa shape index (κ1) is 22.7. The summed E-state index contributed by atoms with van der Waals surface area (Å²) in [5, 5.41) is 0. The average Bonchev–Trinajstić information content (AvgIpc) is 1.91. The first-order chi connectivity index (χ1) is 3.30. The predicted octanol–water partition coefficient (Wildman–Crippen LogP) is -6.90. The van der Waals surface area contributed by atoms with Crippen molar-refractivity contribution < 1.29 is 58.9 Å². The van der Waals surface area contributed by atoms with Gasteiger partial charge in [0.15, 0.2) is 0 Å². The van der Waals surface area contributed by atoms with Gasteiger partial charge in [0.25, 0.3) is 0 Å². The van der Waals surface area contributed by atoms with Gasteiger partial charge >= 0.3 is 21.7 Å². The molecule has 0 nitrogen and oxygen atoms in total. The summed E-state index contributed by atoms with van der Waals surface area (Å²) in [6.45, 7) is 4.24. The summed E-state index contributed by atoms with van der Waals surface area (Å²) >= 11 is 0. The Hall–Kier alpha value is 1.06. The van der Waals surface area contributed by atoms with E-state index in [-0.39, 0.29) is 58.9 Å². The molecule has 0 heterocycles. The maximum absolute atomic E-state index is 3.12. The summed E-state index contributed by atoms with van der Waals surface area (Å²) in [4.78, 5) is 0. The van der Waals surface area contributed by atoms with Gasteiger partial charge in [0.05, 0.1) is 0 Å². The largest absolute Gasteiger partial charge is 4.00 e. The van der Waals surface area contributed by atoms with Crippen molar-refractivity contribution in [1.29, 1.82) is 0 Å². The van der Waals surface area contributed by atoms with Crippen molar-refractivity contribution in [2.75, 3.05) is 0 Å². The molecule has 62 valence electrons. The zero-order valence-corrected chi connectivity index (χ0v) is 10.2. The number of rotatable bonds is 0. The van der Waals surface area contributed by atoms with E-state index in [1.54, 1.807) is 0 Å². The van der Waals surface area contributed by atoms with Gasteiger partial charge in [-0.15, -0.1) is 6.92 Å². The zero-order valence-electron chi connectivity index (χ0n) is 6.42. The summed E-state index contributed by atoms with van der Waals surface area (Å²) in [5.74, 6) is 0. The Morgan fingerprint density at radius 1 is 1.18 bits per heavy atom. The second-order valence-corrected chi connectivity index (χ2v) is 1.96. The molecule has 0 atom stereocenters. The molecule has 0 saturated carbocycles. The number of halogens is 3. The molecule has 0 bridgehead atoms. The molecule has 0 N–H and O–H groups in total. The van der Waals surface area contributed by atoms with Crippen LogP contribution in [0.1, 0.15) is 20.3 Å². The average molecular weight is 247 g/mol. The van der Waals surface area contributed by atoms with Gasteiger partial charge in [-0.25, -0.2) is 11.1 Å². The molecule has 1 aliphatic carbocycles. The second-order valence-electron chi connectivity index (χ2n) is 1.96. The van der Waals surface area contributed by atoms with Crippen molar-refractivity contribution in [3.05, 3.63) is 23.3 Å². The Kier molecular flexibility index (Phi) is 22.8. The van der Waals surface area contributed by atoms with E-state index < -0.39 is 0 Å². The van der Waals surface area contributed by atoms with Gasteiger partial charge in [0, 0.05) is 0 Å². The molecule has 0 radical (unpaired) electrons. The van der Waals surface area contributed by atoms with E-state index in [4.69, 9.17) is 0 Å². The minimum absolute atomic E-state index is 0.